The van der Waals surface area contributed by atoms with E-state index < -0.39 is 17.9 Å². The van der Waals surface area contributed by atoms with Gasteiger partial charge in [0, 0.05) is 31.3 Å². The van der Waals surface area contributed by atoms with E-state index >= 15 is 0 Å². The molecule has 1 saturated carbocycles. The fourth-order valence-electron chi connectivity index (χ4n) is 2.75. The maximum Gasteiger partial charge on any atom is 0.407 e. The Morgan fingerprint density at radius 2 is 2.16 bits per heavy atom. The number of hydrogen-bond donors (Lipinski definition) is 1. The highest BCUT2D eigenvalue weighted by molar-refractivity contribution is 5.65. The van der Waals surface area contributed by atoms with Gasteiger partial charge in [-0.1, -0.05) is 0 Å². The molecule has 1 aliphatic carbocycles. The van der Waals surface area contributed by atoms with E-state index in [0.29, 0.717) is 13.1 Å². The third kappa shape index (κ3) is 2.09. The molecule has 1 amide bonds. The molecule has 7 heteroatoms. The van der Waals surface area contributed by atoms with Crippen LogP contribution in [-0.4, -0.2) is 40.8 Å². The summed E-state index contributed by atoms with van der Waals surface area (Å²) < 4.78 is 31.4. The molecule has 1 N–H and O–H groups in total. The van der Waals surface area contributed by atoms with Crippen molar-refractivity contribution in [1.29, 1.82) is 0 Å². The molecule has 0 aromatic carbocycles. The predicted octanol–water partition coefficient (Wildman–Crippen LogP) is 1.59. The first-order valence-corrected chi connectivity index (χ1v) is 5.98. The van der Waals surface area contributed by atoms with Crippen LogP contribution in [0.2, 0.25) is 0 Å². The second kappa shape index (κ2) is 4.32. The van der Waals surface area contributed by atoms with Gasteiger partial charge in [-0.2, -0.15) is 8.78 Å². The first-order valence-electron chi connectivity index (χ1n) is 5.98. The summed E-state index contributed by atoms with van der Waals surface area (Å²) in [5.74, 6) is -1.61. The molecule has 102 valence electrons. The third-order valence-electron chi connectivity index (χ3n) is 3.88. The number of piperidine rings is 1. The normalized spacial score (nSPS) is 28.1. The highest BCUT2D eigenvalue weighted by atomic mass is 19.2. The number of nitrogens with zero attached hydrogens (tertiary/aromatic N) is 2. The first-order chi connectivity index (χ1) is 9.08. The first kappa shape index (κ1) is 12.1. The summed E-state index contributed by atoms with van der Waals surface area (Å²) in [6, 6.07) is 1.28. The average Bonchev–Trinajstić information content (AvgIpc) is 2.83. The number of ether oxygens (including phenoxy) is 1. The van der Waals surface area contributed by atoms with Crippen LogP contribution in [0, 0.1) is 29.5 Å². The zero-order valence-corrected chi connectivity index (χ0v) is 9.92. The molecule has 1 aromatic rings. The van der Waals surface area contributed by atoms with Gasteiger partial charge in [-0.3, -0.25) is 0 Å². The molecule has 2 heterocycles. The van der Waals surface area contributed by atoms with Gasteiger partial charge in [-0.05, 0) is 11.8 Å². The Labute approximate surface area is 107 Å². The Bertz CT molecular complexity index is 514. The lowest BCUT2D eigenvalue weighted by Crippen LogP contribution is -2.30. The molecule has 2 aliphatic rings. The Balaban J connectivity index is 1.54. The number of carbonyl (C=O) groups is 1. The summed E-state index contributed by atoms with van der Waals surface area (Å²) in [5.41, 5.74) is 0. The summed E-state index contributed by atoms with van der Waals surface area (Å²) in [6.07, 6.45) is 0.238. The van der Waals surface area contributed by atoms with E-state index in [2.05, 4.69) is 4.98 Å². The molecular formula is C12H12F2N2O3. The van der Waals surface area contributed by atoms with Crippen molar-refractivity contribution in [2.75, 3.05) is 19.7 Å². The fraction of sp³-hybridized carbons (Fsp3) is 0.500. The van der Waals surface area contributed by atoms with Crippen molar-refractivity contribution < 1.29 is 23.4 Å². The molecule has 3 rings (SSSR count). The molecule has 1 unspecified atom stereocenters. The number of pyridine rings is 1. The number of carboxylic acid groups (broad SMARTS) is 1. The highest BCUT2D eigenvalue weighted by Crippen LogP contribution is 2.51. The van der Waals surface area contributed by atoms with Crippen molar-refractivity contribution in [2.45, 2.75) is 0 Å². The Kier molecular flexibility index (Phi) is 2.76. The van der Waals surface area contributed by atoms with Crippen LogP contribution >= 0.6 is 0 Å². The number of halogens is 2. The molecule has 2 fully saturated rings. The van der Waals surface area contributed by atoms with Crippen LogP contribution in [0.5, 0.6) is 5.75 Å². The lowest BCUT2D eigenvalue weighted by atomic mass is 10.3. The van der Waals surface area contributed by atoms with E-state index in [1.807, 2.05) is 0 Å². The number of fused-ring (bicyclic) bond motifs is 1. The van der Waals surface area contributed by atoms with E-state index in [0.717, 1.165) is 6.20 Å². The van der Waals surface area contributed by atoms with Gasteiger partial charge in [0.25, 0.3) is 5.95 Å². The molecule has 3 atom stereocenters. The van der Waals surface area contributed by atoms with Gasteiger partial charge in [0.1, 0.15) is 0 Å². The van der Waals surface area contributed by atoms with Crippen molar-refractivity contribution in [1.82, 2.24) is 9.88 Å². The molecule has 0 spiro atoms. The summed E-state index contributed by atoms with van der Waals surface area (Å²) >= 11 is 0. The van der Waals surface area contributed by atoms with Crippen LogP contribution in [0.25, 0.3) is 0 Å². The molecule has 1 aromatic heterocycles. The molecule has 1 aliphatic heterocycles. The lowest BCUT2D eigenvalue weighted by molar-refractivity contribution is 0.145. The van der Waals surface area contributed by atoms with Gasteiger partial charge >= 0.3 is 6.09 Å². The minimum atomic E-state index is -1.18. The van der Waals surface area contributed by atoms with Gasteiger partial charge in [0.2, 0.25) is 5.82 Å². The molecule has 19 heavy (non-hydrogen) atoms. The molecular weight excluding hydrogens is 258 g/mol. The fourth-order valence-corrected chi connectivity index (χ4v) is 2.75. The highest BCUT2D eigenvalue weighted by Gasteiger charge is 2.57. The Hall–Kier alpha value is -1.92. The minimum absolute atomic E-state index is 0.146. The van der Waals surface area contributed by atoms with Gasteiger partial charge < -0.3 is 14.7 Å². The van der Waals surface area contributed by atoms with E-state index in [-0.39, 0.29) is 30.1 Å². The number of aromatic nitrogens is 1. The van der Waals surface area contributed by atoms with Crippen molar-refractivity contribution in [2.24, 2.45) is 17.8 Å². The summed E-state index contributed by atoms with van der Waals surface area (Å²) in [5, 5.41) is 8.81. The lowest BCUT2D eigenvalue weighted by Gasteiger charge is -2.16. The van der Waals surface area contributed by atoms with Crippen LogP contribution < -0.4 is 4.74 Å². The topological polar surface area (TPSA) is 62.7 Å². The monoisotopic (exact) mass is 270 g/mol. The Morgan fingerprint density at radius 3 is 2.79 bits per heavy atom. The van der Waals surface area contributed by atoms with Crippen LogP contribution in [0.15, 0.2) is 12.3 Å². The van der Waals surface area contributed by atoms with Crippen molar-refractivity contribution in [3.8, 4) is 5.75 Å². The summed E-state index contributed by atoms with van der Waals surface area (Å²) in [4.78, 5) is 15.3. The van der Waals surface area contributed by atoms with Gasteiger partial charge in [0.15, 0.2) is 5.75 Å². The number of rotatable bonds is 3. The van der Waals surface area contributed by atoms with Gasteiger partial charge in [-0.25, -0.2) is 9.78 Å². The number of amides is 1. The van der Waals surface area contributed by atoms with E-state index in [9.17, 15) is 13.6 Å². The van der Waals surface area contributed by atoms with Crippen molar-refractivity contribution >= 4 is 6.09 Å². The predicted molar refractivity (Wildman–Crippen MR) is 59.7 cm³/mol. The largest absolute Gasteiger partial charge is 0.490 e. The average molecular weight is 270 g/mol. The molecule has 1 saturated heterocycles. The van der Waals surface area contributed by atoms with Crippen LogP contribution in [0.1, 0.15) is 0 Å². The van der Waals surface area contributed by atoms with Crippen LogP contribution in [0.3, 0.4) is 0 Å². The SMILES string of the molecule is O=C(O)N1C[C@@H]2C(COc3ccnc(F)c3F)[C@@H]2C1. The molecule has 0 radical (unpaired) electrons. The Morgan fingerprint density at radius 1 is 1.47 bits per heavy atom. The number of likely N-dealkylation sites (tertiary alicyclic amines) is 1. The van der Waals surface area contributed by atoms with Crippen molar-refractivity contribution in [3.63, 3.8) is 0 Å². The molecule has 5 nitrogen and oxygen atoms in total. The molecule has 0 bridgehead atoms. The van der Waals surface area contributed by atoms with E-state index in [1.165, 1.54) is 11.0 Å². The van der Waals surface area contributed by atoms with E-state index in [1.54, 1.807) is 0 Å². The second-order valence-electron chi connectivity index (χ2n) is 4.90. The van der Waals surface area contributed by atoms with Gasteiger partial charge in [-0.15, -0.1) is 0 Å². The zero-order chi connectivity index (χ0) is 13.6. The van der Waals surface area contributed by atoms with E-state index in [4.69, 9.17) is 9.84 Å². The third-order valence-corrected chi connectivity index (χ3v) is 3.88. The smallest absolute Gasteiger partial charge is 0.407 e. The van der Waals surface area contributed by atoms with Crippen molar-refractivity contribution in [3.05, 3.63) is 24.0 Å². The quantitative estimate of drug-likeness (QED) is 0.847. The summed E-state index contributed by atoms with van der Waals surface area (Å²) in [7, 11) is 0. The second-order valence-corrected chi connectivity index (χ2v) is 4.90. The van der Waals surface area contributed by atoms with Crippen LogP contribution in [-0.2, 0) is 0 Å². The minimum Gasteiger partial charge on any atom is -0.490 e. The maximum absolute atomic E-state index is 13.3. The standard InChI is InChI=1S/C12H12F2N2O3/c13-10-9(1-2-15-11(10)14)19-5-8-6-3-16(12(17)18)4-7(6)8/h1-2,6-8H,3-5H2,(H,17,18)/t6-,7+,8?. The maximum atomic E-state index is 13.3. The van der Waals surface area contributed by atoms with Crippen LogP contribution in [0.4, 0.5) is 13.6 Å². The van der Waals surface area contributed by atoms with Gasteiger partial charge in [0.05, 0.1) is 6.61 Å². The zero-order valence-electron chi connectivity index (χ0n) is 9.92. The summed E-state index contributed by atoms with van der Waals surface area (Å²) in [6.45, 7) is 1.28. The number of hydrogen-bond acceptors (Lipinski definition) is 3.